The normalized spacial score (nSPS) is 26.7. The van der Waals surface area contributed by atoms with Gasteiger partial charge in [-0.3, -0.25) is 9.63 Å². The van der Waals surface area contributed by atoms with Crippen LogP contribution in [0.15, 0.2) is 0 Å². The number of hydrogen-bond donors (Lipinski definition) is 2. The van der Waals surface area contributed by atoms with Crippen LogP contribution in [0.1, 0.15) is 19.3 Å². The highest BCUT2D eigenvalue weighted by molar-refractivity contribution is 5.81. The molecule has 92 valence electrons. The minimum absolute atomic E-state index is 0.0398. The van der Waals surface area contributed by atoms with Gasteiger partial charge in [0.05, 0.1) is 13.2 Å². The Bertz CT molecular complexity index is 252. The number of carbonyl (C=O) groups excluding carboxylic acids is 1. The van der Waals surface area contributed by atoms with E-state index in [1.807, 2.05) is 0 Å². The maximum Gasteiger partial charge on any atom is 0.247 e. The number of methoxy groups -OCH3 is 1. The number of hydrogen-bond acceptors (Lipinski definition) is 4. The van der Waals surface area contributed by atoms with E-state index >= 15 is 0 Å². The Morgan fingerprint density at radius 2 is 2.19 bits per heavy atom. The van der Waals surface area contributed by atoms with Crippen LogP contribution in [-0.2, 0) is 14.4 Å². The van der Waals surface area contributed by atoms with Crippen molar-refractivity contribution >= 4 is 5.91 Å². The predicted molar refractivity (Wildman–Crippen MR) is 58.6 cm³/mol. The van der Waals surface area contributed by atoms with E-state index in [1.165, 1.54) is 0 Å². The highest BCUT2D eigenvalue weighted by Crippen LogP contribution is 2.58. The largest absolute Gasteiger partial charge is 0.382 e. The Morgan fingerprint density at radius 1 is 1.44 bits per heavy atom. The van der Waals surface area contributed by atoms with Gasteiger partial charge in [0.2, 0.25) is 5.91 Å². The third-order valence-corrected chi connectivity index (χ3v) is 3.67. The summed E-state index contributed by atoms with van der Waals surface area (Å²) in [4.78, 5) is 16.8. The van der Waals surface area contributed by atoms with Gasteiger partial charge in [-0.25, -0.2) is 5.48 Å². The Balaban J connectivity index is 1.67. The Kier molecular flexibility index (Phi) is 3.78. The molecule has 0 bridgehead atoms. The summed E-state index contributed by atoms with van der Waals surface area (Å²) < 4.78 is 4.82. The van der Waals surface area contributed by atoms with Gasteiger partial charge in [0.1, 0.15) is 0 Å². The zero-order valence-electron chi connectivity index (χ0n) is 9.75. The van der Waals surface area contributed by atoms with Crippen LogP contribution in [0, 0.1) is 11.3 Å². The first-order valence-corrected chi connectivity index (χ1v) is 5.90. The maximum atomic E-state index is 11.7. The molecule has 2 rings (SSSR count). The minimum Gasteiger partial charge on any atom is -0.382 e. The van der Waals surface area contributed by atoms with Crippen molar-refractivity contribution in [3.63, 3.8) is 0 Å². The van der Waals surface area contributed by atoms with Gasteiger partial charge in [0.15, 0.2) is 0 Å². The van der Waals surface area contributed by atoms with Gasteiger partial charge in [-0.2, -0.15) is 0 Å². The number of piperidine rings is 1. The summed E-state index contributed by atoms with van der Waals surface area (Å²) in [5, 5.41) is 3.32. The first-order chi connectivity index (χ1) is 7.78. The average molecular weight is 228 g/mol. The second kappa shape index (κ2) is 5.12. The van der Waals surface area contributed by atoms with Crippen molar-refractivity contribution in [1.82, 2.24) is 10.8 Å². The number of nitrogens with one attached hydrogen (secondary N) is 2. The predicted octanol–water partition coefficient (Wildman–Crippen LogP) is 0.0703. The number of ether oxygens (including phenoxy) is 1. The second-order valence-corrected chi connectivity index (χ2v) is 4.68. The molecular weight excluding hydrogens is 208 g/mol. The van der Waals surface area contributed by atoms with Crippen LogP contribution in [0.5, 0.6) is 0 Å². The quantitative estimate of drug-likeness (QED) is 0.516. The first kappa shape index (κ1) is 11.8. The monoisotopic (exact) mass is 228 g/mol. The van der Waals surface area contributed by atoms with Crippen molar-refractivity contribution in [2.45, 2.75) is 19.3 Å². The summed E-state index contributed by atoms with van der Waals surface area (Å²) in [5.74, 6) is 0.204. The molecule has 1 atom stereocenters. The molecule has 1 spiro atoms. The molecule has 1 amide bonds. The average Bonchev–Trinajstić information content (AvgIpc) is 2.99. The van der Waals surface area contributed by atoms with E-state index in [0.29, 0.717) is 13.2 Å². The Hall–Kier alpha value is -0.650. The third kappa shape index (κ3) is 2.53. The minimum atomic E-state index is 0.0398. The van der Waals surface area contributed by atoms with Gasteiger partial charge in [-0.05, 0) is 37.8 Å². The van der Waals surface area contributed by atoms with Crippen LogP contribution in [0.2, 0.25) is 0 Å². The highest BCUT2D eigenvalue weighted by Gasteiger charge is 2.57. The molecule has 2 N–H and O–H groups in total. The molecule has 2 fully saturated rings. The molecule has 2 aliphatic rings. The van der Waals surface area contributed by atoms with Crippen LogP contribution in [0.25, 0.3) is 0 Å². The molecule has 1 saturated carbocycles. The van der Waals surface area contributed by atoms with Gasteiger partial charge < -0.3 is 10.1 Å². The lowest BCUT2D eigenvalue weighted by Gasteiger charge is -2.23. The smallest absolute Gasteiger partial charge is 0.247 e. The fourth-order valence-corrected chi connectivity index (χ4v) is 2.51. The number of rotatable bonds is 5. The molecular formula is C11H20N2O3. The van der Waals surface area contributed by atoms with E-state index in [-0.39, 0.29) is 17.2 Å². The van der Waals surface area contributed by atoms with Crippen molar-refractivity contribution in [3.05, 3.63) is 0 Å². The van der Waals surface area contributed by atoms with Crippen molar-refractivity contribution in [1.29, 1.82) is 0 Å². The fraction of sp³-hybridized carbons (Fsp3) is 0.909. The second-order valence-electron chi connectivity index (χ2n) is 4.68. The van der Waals surface area contributed by atoms with Gasteiger partial charge in [-0.1, -0.05) is 0 Å². The van der Waals surface area contributed by atoms with Gasteiger partial charge in [-0.15, -0.1) is 0 Å². The van der Waals surface area contributed by atoms with Crippen molar-refractivity contribution in [2.24, 2.45) is 11.3 Å². The summed E-state index contributed by atoms with van der Waals surface area (Å²) in [7, 11) is 1.61. The first-order valence-electron chi connectivity index (χ1n) is 5.90. The van der Waals surface area contributed by atoms with Gasteiger partial charge >= 0.3 is 0 Å². The van der Waals surface area contributed by atoms with Crippen LogP contribution >= 0.6 is 0 Å². The molecule has 1 unspecified atom stereocenters. The van der Waals surface area contributed by atoms with Crippen LogP contribution in [0.4, 0.5) is 0 Å². The third-order valence-electron chi connectivity index (χ3n) is 3.67. The lowest BCUT2D eigenvalue weighted by atomic mass is 9.92. The van der Waals surface area contributed by atoms with E-state index in [2.05, 4.69) is 10.8 Å². The lowest BCUT2D eigenvalue weighted by Crippen LogP contribution is -2.34. The highest BCUT2D eigenvalue weighted by atomic mass is 16.7. The molecule has 16 heavy (non-hydrogen) atoms. The van der Waals surface area contributed by atoms with E-state index in [1.54, 1.807) is 7.11 Å². The van der Waals surface area contributed by atoms with Crippen LogP contribution < -0.4 is 10.8 Å². The van der Waals surface area contributed by atoms with Crippen molar-refractivity contribution < 1.29 is 14.4 Å². The van der Waals surface area contributed by atoms with Crippen molar-refractivity contribution in [2.75, 3.05) is 33.4 Å². The standard InChI is InChI=1S/C11H20N2O3/c1-15-6-7-16-13-10(14)9-8-11(9)2-4-12-5-3-11/h9,12H,2-8H2,1H3,(H,13,14). The molecule has 1 saturated heterocycles. The number of carbonyl (C=O) groups is 1. The maximum absolute atomic E-state index is 11.7. The Labute approximate surface area is 95.8 Å². The molecule has 5 nitrogen and oxygen atoms in total. The fourth-order valence-electron chi connectivity index (χ4n) is 2.51. The Morgan fingerprint density at radius 3 is 2.88 bits per heavy atom. The van der Waals surface area contributed by atoms with Gasteiger partial charge in [0, 0.05) is 13.0 Å². The SMILES string of the molecule is COCCONC(=O)C1CC12CCNCC2. The van der Waals surface area contributed by atoms with Crippen LogP contribution in [0.3, 0.4) is 0 Å². The van der Waals surface area contributed by atoms with Crippen LogP contribution in [-0.4, -0.2) is 39.3 Å². The molecule has 0 aromatic heterocycles. The van der Waals surface area contributed by atoms with E-state index in [9.17, 15) is 4.79 Å². The molecule has 0 aromatic rings. The van der Waals surface area contributed by atoms with Crippen molar-refractivity contribution in [3.8, 4) is 0 Å². The number of amides is 1. The summed E-state index contributed by atoms with van der Waals surface area (Å²) in [6.45, 7) is 2.98. The summed E-state index contributed by atoms with van der Waals surface area (Å²) in [6.07, 6.45) is 3.25. The van der Waals surface area contributed by atoms with E-state index in [4.69, 9.17) is 9.57 Å². The molecule has 1 aliphatic carbocycles. The lowest BCUT2D eigenvalue weighted by molar-refractivity contribution is -0.136. The summed E-state index contributed by atoms with van der Waals surface area (Å²) >= 11 is 0. The summed E-state index contributed by atoms with van der Waals surface area (Å²) in [6, 6.07) is 0. The van der Waals surface area contributed by atoms with E-state index in [0.717, 1.165) is 32.4 Å². The summed E-state index contributed by atoms with van der Waals surface area (Å²) in [5.41, 5.74) is 2.79. The van der Waals surface area contributed by atoms with Gasteiger partial charge in [0.25, 0.3) is 0 Å². The zero-order valence-corrected chi connectivity index (χ0v) is 9.75. The van der Waals surface area contributed by atoms with E-state index < -0.39 is 0 Å². The molecule has 5 heteroatoms. The zero-order chi connectivity index (χ0) is 11.4. The molecule has 1 heterocycles. The topological polar surface area (TPSA) is 59.6 Å². The molecule has 1 aliphatic heterocycles. The number of hydroxylamine groups is 1. The molecule has 0 aromatic carbocycles. The molecule has 0 radical (unpaired) electrons.